The summed E-state index contributed by atoms with van der Waals surface area (Å²) < 4.78 is 20.7. The molecule has 0 atom stereocenters. The minimum absolute atomic E-state index is 0.0562. The molecule has 18 heavy (non-hydrogen) atoms. The molecule has 1 heterocycles. The highest BCUT2D eigenvalue weighted by Crippen LogP contribution is 2.23. The van der Waals surface area contributed by atoms with Crippen LogP contribution < -0.4 is 4.74 Å². The van der Waals surface area contributed by atoms with Crippen LogP contribution in [-0.4, -0.2) is 19.9 Å². The molecule has 1 aromatic carbocycles. The fourth-order valence-electron chi connectivity index (χ4n) is 1.55. The number of aromatic nitrogens is 3. The van der Waals surface area contributed by atoms with E-state index in [0.717, 1.165) is 5.82 Å². The van der Waals surface area contributed by atoms with Gasteiger partial charge in [-0.2, -0.15) is 0 Å². The number of rotatable bonds is 4. The van der Waals surface area contributed by atoms with Gasteiger partial charge in [-0.3, -0.25) is 0 Å². The topological polar surface area (TPSA) is 60.2 Å². The molecule has 0 unspecified atom stereocenters. The zero-order valence-electron chi connectivity index (χ0n) is 10.2. The quantitative estimate of drug-likeness (QED) is 0.890. The maximum absolute atomic E-state index is 13.6. The van der Waals surface area contributed by atoms with Gasteiger partial charge in [0.2, 0.25) is 0 Å². The Balaban J connectivity index is 2.18. The predicted octanol–water partition coefficient (Wildman–Crippen LogP) is 1.33. The normalized spacial score (nSPS) is 10.7. The molecule has 5 nitrogen and oxygen atoms in total. The first-order valence-electron chi connectivity index (χ1n) is 5.49. The molecule has 0 spiro atoms. The minimum Gasteiger partial charge on any atom is -0.482 e. The Labute approximate surface area is 104 Å². The summed E-state index contributed by atoms with van der Waals surface area (Å²) in [6.45, 7) is 1.65. The maximum atomic E-state index is 13.6. The molecule has 0 amide bonds. The second kappa shape index (κ2) is 5.14. The SMILES string of the molecule is Cc1nnc(COc2c(F)cccc2CO)n1C. The molecule has 0 aliphatic carbocycles. The Morgan fingerprint density at radius 3 is 2.78 bits per heavy atom. The number of halogens is 1. The van der Waals surface area contributed by atoms with Gasteiger partial charge in [-0.15, -0.1) is 10.2 Å². The Hall–Kier alpha value is -1.95. The lowest BCUT2D eigenvalue weighted by Crippen LogP contribution is -2.06. The van der Waals surface area contributed by atoms with Gasteiger partial charge in [0, 0.05) is 12.6 Å². The Bertz CT molecular complexity index is 554. The van der Waals surface area contributed by atoms with Gasteiger partial charge in [-0.1, -0.05) is 12.1 Å². The summed E-state index contributed by atoms with van der Waals surface area (Å²) in [6, 6.07) is 4.43. The zero-order valence-corrected chi connectivity index (χ0v) is 10.2. The van der Waals surface area contributed by atoms with Crippen LogP contribution in [0.1, 0.15) is 17.2 Å². The van der Waals surface area contributed by atoms with E-state index in [4.69, 9.17) is 9.84 Å². The van der Waals surface area contributed by atoms with Crippen molar-refractivity contribution in [2.24, 2.45) is 7.05 Å². The number of aliphatic hydroxyl groups is 1. The third-order valence-corrected chi connectivity index (χ3v) is 2.75. The van der Waals surface area contributed by atoms with E-state index in [2.05, 4.69) is 10.2 Å². The zero-order chi connectivity index (χ0) is 13.1. The van der Waals surface area contributed by atoms with Gasteiger partial charge in [0.1, 0.15) is 12.4 Å². The highest BCUT2D eigenvalue weighted by atomic mass is 19.1. The maximum Gasteiger partial charge on any atom is 0.170 e. The first-order valence-corrected chi connectivity index (χ1v) is 5.49. The number of hydrogen-bond acceptors (Lipinski definition) is 4. The number of nitrogens with zero attached hydrogens (tertiary/aromatic N) is 3. The van der Waals surface area contributed by atoms with E-state index in [9.17, 15) is 4.39 Å². The average molecular weight is 251 g/mol. The summed E-state index contributed by atoms with van der Waals surface area (Å²) in [7, 11) is 1.81. The smallest absolute Gasteiger partial charge is 0.170 e. The highest BCUT2D eigenvalue weighted by molar-refractivity contribution is 5.34. The fourth-order valence-corrected chi connectivity index (χ4v) is 1.55. The van der Waals surface area contributed by atoms with Crippen LogP contribution in [0.4, 0.5) is 4.39 Å². The van der Waals surface area contributed by atoms with Gasteiger partial charge in [0.15, 0.2) is 17.4 Å². The fraction of sp³-hybridized carbons (Fsp3) is 0.333. The summed E-state index contributed by atoms with van der Waals surface area (Å²) >= 11 is 0. The monoisotopic (exact) mass is 251 g/mol. The van der Waals surface area contributed by atoms with E-state index in [-0.39, 0.29) is 19.0 Å². The van der Waals surface area contributed by atoms with Crippen molar-refractivity contribution in [3.8, 4) is 5.75 Å². The van der Waals surface area contributed by atoms with E-state index >= 15 is 0 Å². The molecule has 1 aromatic heterocycles. The van der Waals surface area contributed by atoms with Crippen LogP contribution in [0, 0.1) is 12.7 Å². The lowest BCUT2D eigenvalue weighted by atomic mass is 10.2. The highest BCUT2D eigenvalue weighted by Gasteiger charge is 2.11. The summed E-state index contributed by atoms with van der Waals surface area (Å²) in [4.78, 5) is 0. The Kier molecular flexibility index (Phi) is 3.57. The van der Waals surface area contributed by atoms with Gasteiger partial charge < -0.3 is 14.4 Å². The second-order valence-electron chi connectivity index (χ2n) is 3.90. The lowest BCUT2D eigenvalue weighted by Gasteiger charge is -2.10. The molecular weight excluding hydrogens is 237 g/mol. The number of ether oxygens (including phenoxy) is 1. The molecule has 1 N–H and O–H groups in total. The van der Waals surface area contributed by atoms with Crippen LogP contribution >= 0.6 is 0 Å². The number of benzene rings is 1. The van der Waals surface area contributed by atoms with Crippen LogP contribution in [0.25, 0.3) is 0 Å². The molecule has 0 aliphatic heterocycles. The van der Waals surface area contributed by atoms with E-state index < -0.39 is 5.82 Å². The number of aliphatic hydroxyl groups excluding tert-OH is 1. The van der Waals surface area contributed by atoms with Crippen LogP contribution in [0.2, 0.25) is 0 Å². The summed E-state index contributed by atoms with van der Waals surface area (Å²) in [5, 5.41) is 16.9. The van der Waals surface area contributed by atoms with E-state index in [1.807, 2.05) is 14.0 Å². The molecule has 0 fully saturated rings. The summed E-state index contributed by atoms with van der Waals surface area (Å²) in [5.74, 6) is 0.908. The molecule has 2 rings (SSSR count). The van der Waals surface area contributed by atoms with Gasteiger partial charge in [0.25, 0.3) is 0 Å². The van der Waals surface area contributed by atoms with Gasteiger partial charge >= 0.3 is 0 Å². The molecule has 0 bridgehead atoms. The molecule has 6 heteroatoms. The van der Waals surface area contributed by atoms with Gasteiger partial charge in [-0.25, -0.2) is 4.39 Å². The number of aryl methyl sites for hydroxylation is 1. The third kappa shape index (κ3) is 2.33. The number of para-hydroxylation sites is 1. The molecule has 0 saturated heterocycles. The standard InChI is InChI=1S/C12H14FN3O2/c1-8-14-15-11(16(8)2)7-18-12-9(6-17)4-3-5-10(12)13/h3-5,17H,6-7H2,1-2H3. The molecule has 96 valence electrons. The third-order valence-electron chi connectivity index (χ3n) is 2.75. The minimum atomic E-state index is -0.500. The first kappa shape index (κ1) is 12.5. The van der Waals surface area contributed by atoms with E-state index in [0.29, 0.717) is 11.4 Å². The molecular formula is C12H14FN3O2. The Morgan fingerprint density at radius 1 is 1.39 bits per heavy atom. The van der Waals surface area contributed by atoms with Crippen molar-refractivity contribution in [1.82, 2.24) is 14.8 Å². The van der Waals surface area contributed by atoms with Crippen molar-refractivity contribution >= 4 is 0 Å². The summed E-state index contributed by atoms with van der Waals surface area (Å²) in [6.07, 6.45) is 0. The average Bonchev–Trinajstić information content (AvgIpc) is 2.68. The van der Waals surface area contributed by atoms with Crippen molar-refractivity contribution in [2.75, 3.05) is 0 Å². The summed E-state index contributed by atoms with van der Waals surface area (Å²) in [5.41, 5.74) is 0.411. The molecule has 0 saturated carbocycles. The lowest BCUT2D eigenvalue weighted by molar-refractivity contribution is 0.245. The molecule has 2 aromatic rings. The van der Waals surface area contributed by atoms with E-state index in [1.165, 1.54) is 12.1 Å². The molecule has 0 radical (unpaired) electrons. The second-order valence-corrected chi connectivity index (χ2v) is 3.90. The van der Waals surface area contributed by atoms with Crippen LogP contribution in [0.3, 0.4) is 0 Å². The van der Waals surface area contributed by atoms with Crippen LogP contribution in [0.5, 0.6) is 5.75 Å². The van der Waals surface area contributed by atoms with Crippen molar-refractivity contribution in [3.05, 3.63) is 41.2 Å². The Morgan fingerprint density at radius 2 is 2.17 bits per heavy atom. The van der Waals surface area contributed by atoms with Crippen molar-refractivity contribution in [1.29, 1.82) is 0 Å². The first-order chi connectivity index (χ1) is 8.63. The molecule has 0 aliphatic rings. The van der Waals surface area contributed by atoms with Gasteiger partial charge in [0.05, 0.1) is 6.61 Å². The van der Waals surface area contributed by atoms with Crippen LogP contribution in [0.15, 0.2) is 18.2 Å². The van der Waals surface area contributed by atoms with Crippen molar-refractivity contribution < 1.29 is 14.2 Å². The number of hydrogen-bond donors (Lipinski definition) is 1. The predicted molar refractivity (Wildman–Crippen MR) is 62.4 cm³/mol. The van der Waals surface area contributed by atoms with Crippen molar-refractivity contribution in [3.63, 3.8) is 0 Å². The van der Waals surface area contributed by atoms with Gasteiger partial charge in [-0.05, 0) is 13.0 Å². The van der Waals surface area contributed by atoms with E-state index in [1.54, 1.807) is 10.6 Å². The van der Waals surface area contributed by atoms with Crippen molar-refractivity contribution in [2.45, 2.75) is 20.1 Å². The largest absolute Gasteiger partial charge is 0.482 e. The van der Waals surface area contributed by atoms with Crippen LogP contribution in [-0.2, 0) is 20.3 Å².